The van der Waals surface area contributed by atoms with Crippen LogP contribution in [0.15, 0.2) is 18.2 Å². The van der Waals surface area contributed by atoms with Crippen molar-refractivity contribution in [3.05, 3.63) is 29.3 Å². The first-order chi connectivity index (χ1) is 11.9. The highest BCUT2D eigenvalue weighted by Crippen LogP contribution is 2.40. The molecule has 3 aliphatic rings. The third-order valence-corrected chi connectivity index (χ3v) is 6.27. The molecule has 1 aromatic carbocycles. The Morgan fingerprint density at radius 2 is 2.12 bits per heavy atom. The van der Waals surface area contributed by atoms with Gasteiger partial charge in [-0.25, -0.2) is 0 Å². The predicted molar refractivity (Wildman–Crippen MR) is 97.8 cm³/mol. The van der Waals surface area contributed by atoms with E-state index in [0.717, 1.165) is 38.1 Å². The number of para-hydroxylation sites is 1. The Hall–Kier alpha value is -1.10. The fourth-order valence-corrected chi connectivity index (χ4v) is 4.91. The third kappa shape index (κ3) is 3.32. The lowest BCUT2D eigenvalue weighted by Gasteiger charge is -2.43. The van der Waals surface area contributed by atoms with Crippen molar-refractivity contribution in [1.82, 2.24) is 4.90 Å². The molecule has 0 aliphatic carbocycles. The molecule has 4 heteroatoms. The van der Waals surface area contributed by atoms with Gasteiger partial charge < -0.3 is 14.6 Å². The van der Waals surface area contributed by atoms with Gasteiger partial charge in [-0.05, 0) is 52.1 Å². The molecule has 2 saturated heterocycles. The minimum atomic E-state index is -0.622. The van der Waals surface area contributed by atoms with Crippen LogP contribution in [0.3, 0.4) is 0 Å². The smallest absolute Gasteiger partial charge is 0.127 e. The second-order valence-corrected chi connectivity index (χ2v) is 8.91. The van der Waals surface area contributed by atoms with Crippen LogP contribution in [0.4, 0.5) is 0 Å². The lowest BCUT2D eigenvalue weighted by molar-refractivity contribution is -0.123. The maximum Gasteiger partial charge on any atom is 0.127 e. The number of aliphatic hydroxyl groups is 1. The van der Waals surface area contributed by atoms with Gasteiger partial charge in [0.1, 0.15) is 11.4 Å². The number of hydrogen-bond acceptors (Lipinski definition) is 4. The zero-order valence-corrected chi connectivity index (χ0v) is 15.8. The molecule has 0 saturated carbocycles. The molecule has 3 atom stereocenters. The van der Waals surface area contributed by atoms with Gasteiger partial charge in [0.05, 0.1) is 12.2 Å². The number of benzene rings is 1. The van der Waals surface area contributed by atoms with Crippen molar-refractivity contribution in [2.45, 2.75) is 70.2 Å². The van der Waals surface area contributed by atoms with Gasteiger partial charge in [-0.1, -0.05) is 18.2 Å². The van der Waals surface area contributed by atoms with Gasteiger partial charge in [0.2, 0.25) is 0 Å². The summed E-state index contributed by atoms with van der Waals surface area (Å²) in [6.45, 7) is 9.64. The van der Waals surface area contributed by atoms with Crippen LogP contribution in [0.5, 0.6) is 5.75 Å². The molecule has 1 aromatic rings. The van der Waals surface area contributed by atoms with Gasteiger partial charge >= 0.3 is 0 Å². The van der Waals surface area contributed by atoms with Crippen molar-refractivity contribution in [3.63, 3.8) is 0 Å². The SMILES string of the molecule is CC1(C)Cc2cccc(CN3CCCC3C3COCCC3(C)O)c2O1. The van der Waals surface area contributed by atoms with E-state index in [1.807, 2.05) is 6.92 Å². The van der Waals surface area contributed by atoms with E-state index < -0.39 is 5.60 Å². The second kappa shape index (κ2) is 6.26. The number of hydrogen-bond donors (Lipinski definition) is 1. The van der Waals surface area contributed by atoms with Crippen LogP contribution >= 0.6 is 0 Å². The zero-order valence-electron chi connectivity index (χ0n) is 15.8. The van der Waals surface area contributed by atoms with E-state index in [4.69, 9.17) is 9.47 Å². The Bertz CT molecular complexity index is 640. The third-order valence-electron chi connectivity index (χ3n) is 6.27. The minimum Gasteiger partial charge on any atom is -0.487 e. The van der Waals surface area contributed by atoms with Gasteiger partial charge in [-0.15, -0.1) is 0 Å². The molecule has 4 nitrogen and oxygen atoms in total. The largest absolute Gasteiger partial charge is 0.487 e. The average molecular weight is 345 g/mol. The van der Waals surface area contributed by atoms with Crippen molar-refractivity contribution in [3.8, 4) is 5.75 Å². The maximum atomic E-state index is 10.9. The number of nitrogens with zero attached hydrogens (tertiary/aromatic N) is 1. The van der Waals surface area contributed by atoms with Crippen LogP contribution in [0, 0.1) is 5.92 Å². The first-order valence-electron chi connectivity index (χ1n) is 9.70. The molecular formula is C21H31NO3. The molecule has 0 amide bonds. The van der Waals surface area contributed by atoms with Crippen molar-refractivity contribution in [2.75, 3.05) is 19.8 Å². The summed E-state index contributed by atoms with van der Waals surface area (Å²) < 4.78 is 12.0. The number of likely N-dealkylation sites (tertiary alicyclic amines) is 1. The molecule has 3 heterocycles. The Balaban J connectivity index is 1.54. The zero-order chi connectivity index (χ0) is 17.7. The predicted octanol–water partition coefficient (Wildman–Crippen LogP) is 3.15. The second-order valence-electron chi connectivity index (χ2n) is 8.91. The summed E-state index contributed by atoms with van der Waals surface area (Å²) in [4.78, 5) is 2.54. The highest BCUT2D eigenvalue weighted by Gasteiger charge is 2.44. The molecule has 25 heavy (non-hydrogen) atoms. The van der Waals surface area contributed by atoms with Crippen LogP contribution < -0.4 is 4.74 Å². The number of rotatable bonds is 3. The van der Waals surface area contributed by atoms with E-state index in [2.05, 4.69) is 36.9 Å². The first kappa shape index (κ1) is 17.3. The molecule has 4 rings (SSSR count). The van der Waals surface area contributed by atoms with Gasteiger partial charge in [0.15, 0.2) is 0 Å². The van der Waals surface area contributed by atoms with E-state index in [1.165, 1.54) is 17.5 Å². The summed E-state index contributed by atoms with van der Waals surface area (Å²) in [7, 11) is 0. The van der Waals surface area contributed by atoms with Crippen LogP contribution in [0.2, 0.25) is 0 Å². The maximum absolute atomic E-state index is 10.9. The molecular weight excluding hydrogens is 314 g/mol. The van der Waals surface area contributed by atoms with E-state index >= 15 is 0 Å². The van der Waals surface area contributed by atoms with Gasteiger partial charge in [0.25, 0.3) is 0 Å². The summed E-state index contributed by atoms with van der Waals surface area (Å²) >= 11 is 0. The number of ether oxygens (including phenoxy) is 2. The minimum absolute atomic E-state index is 0.107. The molecule has 0 aromatic heterocycles. The van der Waals surface area contributed by atoms with Gasteiger partial charge in [-0.2, -0.15) is 0 Å². The highest BCUT2D eigenvalue weighted by atomic mass is 16.5. The quantitative estimate of drug-likeness (QED) is 0.914. The first-order valence-corrected chi connectivity index (χ1v) is 9.70. The molecule has 3 aliphatic heterocycles. The van der Waals surface area contributed by atoms with Crippen molar-refractivity contribution < 1.29 is 14.6 Å². The normalized spacial score (nSPS) is 34.7. The summed E-state index contributed by atoms with van der Waals surface area (Å²) in [5.41, 5.74) is 1.88. The Morgan fingerprint density at radius 3 is 2.92 bits per heavy atom. The fraction of sp³-hybridized carbons (Fsp3) is 0.714. The van der Waals surface area contributed by atoms with Crippen LogP contribution in [-0.4, -0.2) is 47.0 Å². The molecule has 0 spiro atoms. The Labute approximate surface area is 151 Å². The van der Waals surface area contributed by atoms with E-state index in [-0.39, 0.29) is 11.5 Å². The Kier molecular flexibility index (Phi) is 4.33. The topological polar surface area (TPSA) is 41.9 Å². The van der Waals surface area contributed by atoms with E-state index in [9.17, 15) is 5.11 Å². The van der Waals surface area contributed by atoms with E-state index in [1.54, 1.807) is 0 Å². The van der Waals surface area contributed by atoms with Crippen LogP contribution in [-0.2, 0) is 17.7 Å². The molecule has 1 N–H and O–H groups in total. The monoisotopic (exact) mass is 345 g/mol. The fourth-order valence-electron chi connectivity index (χ4n) is 4.91. The average Bonchev–Trinajstić information content (AvgIpc) is 3.10. The van der Waals surface area contributed by atoms with Gasteiger partial charge in [-0.3, -0.25) is 4.90 Å². The van der Waals surface area contributed by atoms with Crippen molar-refractivity contribution in [1.29, 1.82) is 0 Å². The highest BCUT2D eigenvalue weighted by molar-refractivity contribution is 5.45. The molecule has 0 radical (unpaired) electrons. The van der Waals surface area contributed by atoms with Crippen LogP contribution in [0.25, 0.3) is 0 Å². The summed E-state index contributed by atoms with van der Waals surface area (Å²) in [6, 6.07) is 6.93. The van der Waals surface area contributed by atoms with E-state index in [0.29, 0.717) is 19.3 Å². The molecule has 2 fully saturated rings. The Morgan fingerprint density at radius 1 is 1.28 bits per heavy atom. The van der Waals surface area contributed by atoms with Gasteiger partial charge in [0, 0.05) is 37.1 Å². The summed E-state index contributed by atoms with van der Waals surface area (Å²) in [6.07, 6.45) is 4.05. The van der Waals surface area contributed by atoms with Crippen molar-refractivity contribution >= 4 is 0 Å². The lowest BCUT2D eigenvalue weighted by Crippen LogP contribution is -2.52. The summed E-state index contributed by atoms with van der Waals surface area (Å²) in [5.74, 6) is 1.28. The van der Waals surface area contributed by atoms with Crippen molar-refractivity contribution in [2.24, 2.45) is 5.92 Å². The number of fused-ring (bicyclic) bond motifs is 1. The molecule has 0 bridgehead atoms. The lowest BCUT2D eigenvalue weighted by atomic mass is 9.79. The molecule has 3 unspecified atom stereocenters. The van der Waals surface area contributed by atoms with Crippen LogP contribution in [0.1, 0.15) is 51.2 Å². The standard InChI is InChI=1S/C21H31NO3/c1-20(2)12-15-6-4-7-16(19(15)25-20)13-22-10-5-8-18(22)17-14-24-11-9-21(17,3)23/h4,6-7,17-18,23H,5,8-14H2,1-3H3. The molecule has 138 valence electrons. The summed E-state index contributed by atoms with van der Waals surface area (Å²) in [5, 5.41) is 10.9.